The highest BCUT2D eigenvalue weighted by atomic mass is 19.1. The number of rotatable bonds is 3. The Balaban J connectivity index is 2.26. The van der Waals surface area contributed by atoms with Gasteiger partial charge in [0.25, 0.3) is 5.91 Å². The second-order valence-corrected chi connectivity index (χ2v) is 5.02. The first-order chi connectivity index (χ1) is 9.82. The Labute approximate surface area is 121 Å². The van der Waals surface area contributed by atoms with Crippen LogP contribution in [0.4, 0.5) is 14.9 Å². The van der Waals surface area contributed by atoms with E-state index in [1.54, 1.807) is 21.0 Å². The number of carbonyl (C=O) groups is 3. The second kappa shape index (κ2) is 5.51. The molecule has 6 nitrogen and oxygen atoms in total. The number of nitrogens with zero attached hydrogens (tertiary/aromatic N) is 3. The van der Waals surface area contributed by atoms with Gasteiger partial charge < -0.3 is 4.90 Å². The van der Waals surface area contributed by atoms with Gasteiger partial charge in [0.15, 0.2) is 0 Å². The van der Waals surface area contributed by atoms with Crippen LogP contribution in [0.1, 0.15) is 6.92 Å². The lowest BCUT2D eigenvalue weighted by atomic mass is 10.2. The lowest BCUT2D eigenvalue weighted by Crippen LogP contribution is -2.41. The molecular formula is C14H16FN3O3. The Kier molecular flexibility index (Phi) is 3.93. The lowest BCUT2D eigenvalue weighted by molar-refractivity contribution is -0.135. The maximum Gasteiger partial charge on any atom is 0.332 e. The Hall–Kier alpha value is -2.44. The van der Waals surface area contributed by atoms with Gasteiger partial charge in [-0.15, -0.1) is 0 Å². The molecule has 0 radical (unpaired) electrons. The van der Waals surface area contributed by atoms with E-state index in [-0.39, 0.29) is 12.5 Å². The van der Waals surface area contributed by atoms with E-state index in [1.165, 1.54) is 34.1 Å². The molecule has 21 heavy (non-hydrogen) atoms. The minimum absolute atomic E-state index is 0.299. The van der Waals surface area contributed by atoms with Gasteiger partial charge >= 0.3 is 6.03 Å². The van der Waals surface area contributed by atoms with Crippen LogP contribution in [0.5, 0.6) is 0 Å². The molecule has 7 heteroatoms. The minimum atomic E-state index is -0.724. The molecule has 0 bridgehead atoms. The van der Waals surface area contributed by atoms with Crippen LogP contribution in [0.3, 0.4) is 0 Å². The molecular weight excluding hydrogens is 277 g/mol. The Bertz CT molecular complexity index is 586. The molecule has 1 aliphatic rings. The number of benzene rings is 1. The summed E-state index contributed by atoms with van der Waals surface area (Å²) in [4.78, 5) is 39.7. The van der Waals surface area contributed by atoms with Crippen molar-refractivity contribution in [2.24, 2.45) is 0 Å². The summed E-state index contributed by atoms with van der Waals surface area (Å²) in [5.41, 5.74) is 0.419. The van der Waals surface area contributed by atoms with Crippen molar-refractivity contribution in [3.05, 3.63) is 30.1 Å². The highest BCUT2D eigenvalue weighted by Gasteiger charge is 2.44. The minimum Gasteiger partial charge on any atom is -0.347 e. The number of hydrogen-bond acceptors (Lipinski definition) is 3. The van der Waals surface area contributed by atoms with E-state index in [0.717, 1.165) is 4.90 Å². The molecule has 1 aliphatic heterocycles. The van der Waals surface area contributed by atoms with Gasteiger partial charge in [-0.3, -0.25) is 19.4 Å². The highest BCUT2D eigenvalue weighted by molar-refractivity contribution is 6.15. The molecule has 0 spiro atoms. The maximum absolute atomic E-state index is 13.0. The Morgan fingerprint density at radius 3 is 2.33 bits per heavy atom. The molecule has 1 saturated heterocycles. The quantitative estimate of drug-likeness (QED) is 0.783. The number of hydrogen-bond donors (Lipinski definition) is 0. The monoisotopic (exact) mass is 293 g/mol. The zero-order valence-electron chi connectivity index (χ0n) is 12.0. The summed E-state index contributed by atoms with van der Waals surface area (Å²) in [5.74, 6) is -1.21. The second-order valence-electron chi connectivity index (χ2n) is 5.02. The summed E-state index contributed by atoms with van der Waals surface area (Å²) in [6.07, 6.45) is 0. The third-order valence-corrected chi connectivity index (χ3v) is 3.34. The summed E-state index contributed by atoms with van der Waals surface area (Å²) < 4.78 is 13.0. The molecule has 1 aromatic carbocycles. The zero-order chi connectivity index (χ0) is 15.7. The van der Waals surface area contributed by atoms with Crippen LogP contribution in [0, 0.1) is 5.82 Å². The SMILES string of the molecule is CC1C(=O)N(CC(=O)N(C)C)C(=O)N1c1ccc(F)cc1. The third-order valence-electron chi connectivity index (χ3n) is 3.34. The third kappa shape index (κ3) is 2.72. The number of amides is 4. The fraction of sp³-hybridized carbons (Fsp3) is 0.357. The molecule has 0 aromatic heterocycles. The van der Waals surface area contributed by atoms with Crippen molar-refractivity contribution >= 4 is 23.5 Å². The van der Waals surface area contributed by atoms with Crippen molar-refractivity contribution in [2.45, 2.75) is 13.0 Å². The fourth-order valence-corrected chi connectivity index (χ4v) is 2.08. The first-order valence-corrected chi connectivity index (χ1v) is 6.43. The van der Waals surface area contributed by atoms with Gasteiger partial charge in [-0.2, -0.15) is 0 Å². The predicted molar refractivity (Wildman–Crippen MR) is 74.1 cm³/mol. The van der Waals surface area contributed by atoms with Crippen LogP contribution >= 0.6 is 0 Å². The number of urea groups is 1. The van der Waals surface area contributed by atoms with E-state index in [4.69, 9.17) is 0 Å². The summed E-state index contributed by atoms with van der Waals surface area (Å²) in [7, 11) is 3.10. The Morgan fingerprint density at radius 2 is 1.81 bits per heavy atom. The summed E-state index contributed by atoms with van der Waals surface area (Å²) in [6, 6.07) is 3.98. The summed E-state index contributed by atoms with van der Waals surface area (Å²) in [6.45, 7) is 1.27. The fourth-order valence-electron chi connectivity index (χ4n) is 2.08. The van der Waals surface area contributed by atoms with E-state index in [2.05, 4.69) is 0 Å². The molecule has 112 valence electrons. The van der Waals surface area contributed by atoms with Crippen LogP contribution in [0.25, 0.3) is 0 Å². The van der Waals surface area contributed by atoms with Crippen molar-refractivity contribution in [1.82, 2.24) is 9.80 Å². The molecule has 0 N–H and O–H groups in total. The molecule has 1 unspecified atom stereocenters. The average molecular weight is 293 g/mol. The van der Waals surface area contributed by atoms with E-state index >= 15 is 0 Å². The molecule has 0 aliphatic carbocycles. The van der Waals surface area contributed by atoms with Crippen LogP contribution < -0.4 is 4.90 Å². The van der Waals surface area contributed by atoms with E-state index < -0.39 is 23.8 Å². The van der Waals surface area contributed by atoms with Gasteiger partial charge in [0.1, 0.15) is 18.4 Å². The highest BCUT2D eigenvalue weighted by Crippen LogP contribution is 2.25. The van der Waals surface area contributed by atoms with Gasteiger partial charge in [0.05, 0.1) is 0 Å². The molecule has 1 heterocycles. The smallest absolute Gasteiger partial charge is 0.332 e. The molecule has 1 atom stereocenters. The number of carbonyl (C=O) groups excluding carboxylic acids is 3. The number of anilines is 1. The first-order valence-electron chi connectivity index (χ1n) is 6.43. The zero-order valence-corrected chi connectivity index (χ0v) is 12.0. The van der Waals surface area contributed by atoms with E-state index in [9.17, 15) is 18.8 Å². The van der Waals surface area contributed by atoms with Gasteiger partial charge in [-0.1, -0.05) is 0 Å². The number of halogens is 1. The van der Waals surface area contributed by atoms with Crippen molar-refractivity contribution in [1.29, 1.82) is 0 Å². The van der Waals surface area contributed by atoms with Crippen molar-refractivity contribution in [2.75, 3.05) is 25.5 Å². The largest absolute Gasteiger partial charge is 0.347 e. The Morgan fingerprint density at radius 1 is 1.24 bits per heavy atom. The van der Waals surface area contributed by atoms with Crippen molar-refractivity contribution in [3.63, 3.8) is 0 Å². The molecule has 1 aromatic rings. The predicted octanol–water partition coefficient (Wildman–Crippen LogP) is 1.07. The lowest BCUT2D eigenvalue weighted by Gasteiger charge is -2.19. The van der Waals surface area contributed by atoms with E-state index in [0.29, 0.717) is 5.69 Å². The normalized spacial score (nSPS) is 18.4. The van der Waals surface area contributed by atoms with Crippen molar-refractivity contribution < 1.29 is 18.8 Å². The topological polar surface area (TPSA) is 60.9 Å². The molecule has 2 rings (SSSR count). The van der Waals surface area contributed by atoms with E-state index in [1.807, 2.05) is 0 Å². The first kappa shape index (κ1) is 15.0. The molecule has 1 fully saturated rings. The van der Waals surface area contributed by atoms with Crippen LogP contribution in [0.2, 0.25) is 0 Å². The van der Waals surface area contributed by atoms with Gasteiger partial charge in [-0.25, -0.2) is 9.18 Å². The van der Waals surface area contributed by atoms with Gasteiger partial charge in [0.2, 0.25) is 5.91 Å². The van der Waals surface area contributed by atoms with Gasteiger partial charge in [-0.05, 0) is 31.2 Å². The number of likely N-dealkylation sites (N-methyl/N-ethyl adjacent to an activating group) is 1. The summed E-state index contributed by atoms with van der Waals surface area (Å²) in [5, 5.41) is 0. The van der Waals surface area contributed by atoms with Crippen molar-refractivity contribution in [3.8, 4) is 0 Å². The van der Waals surface area contributed by atoms with Crippen LogP contribution in [0.15, 0.2) is 24.3 Å². The number of imide groups is 1. The van der Waals surface area contributed by atoms with Crippen LogP contribution in [-0.2, 0) is 9.59 Å². The molecule has 0 saturated carbocycles. The van der Waals surface area contributed by atoms with Crippen LogP contribution in [-0.4, -0.2) is 54.3 Å². The van der Waals surface area contributed by atoms with Gasteiger partial charge in [0, 0.05) is 19.8 Å². The standard InChI is InChI=1S/C14H16FN3O3/c1-9-13(20)17(8-12(19)16(2)3)14(21)18(9)11-6-4-10(15)5-7-11/h4-7,9H,8H2,1-3H3. The summed E-state index contributed by atoms with van der Waals surface area (Å²) >= 11 is 0. The molecule has 4 amide bonds. The average Bonchev–Trinajstić information content (AvgIpc) is 2.64. The maximum atomic E-state index is 13.0.